The van der Waals surface area contributed by atoms with Crippen LogP contribution in [0.5, 0.6) is 0 Å². The number of aromatic nitrogens is 3. The average molecular weight is 333 g/mol. The Kier molecular flexibility index (Phi) is 4.93. The van der Waals surface area contributed by atoms with E-state index in [9.17, 15) is 0 Å². The molecule has 0 bridgehead atoms. The zero-order chi connectivity index (χ0) is 17.8. The second kappa shape index (κ2) is 7.30. The lowest BCUT2D eigenvalue weighted by Gasteiger charge is -2.13. The zero-order valence-electron chi connectivity index (χ0n) is 15.1. The molecule has 0 saturated carbocycles. The topological polar surface area (TPSA) is 62.7 Å². The third-order valence-electron chi connectivity index (χ3n) is 4.11. The quantitative estimate of drug-likeness (QED) is 0.699. The largest absolute Gasteiger partial charge is 0.339 e. The van der Waals surface area contributed by atoms with E-state index in [0.29, 0.717) is 11.8 Å². The first-order chi connectivity index (χ1) is 12.0. The molecule has 0 amide bonds. The molecule has 5 heteroatoms. The van der Waals surface area contributed by atoms with Crippen molar-refractivity contribution in [3.05, 3.63) is 64.8 Å². The highest BCUT2D eigenvalue weighted by Gasteiger charge is 2.07. The number of hydrogen-bond acceptors (Lipinski definition) is 5. The molecule has 0 unspecified atom stereocenters. The number of nitrogens with one attached hydrogen (secondary N) is 2. The summed E-state index contributed by atoms with van der Waals surface area (Å²) >= 11 is 0. The van der Waals surface area contributed by atoms with E-state index in [1.807, 2.05) is 12.1 Å². The molecular formula is C20H23N5. The van der Waals surface area contributed by atoms with E-state index in [4.69, 9.17) is 0 Å². The summed E-state index contributed by atoms with van der Waals surface area (Å²) < 4.78 is 0. The summed E-state index contributed by atoms with van der Waals surface area (Å²) in [6.07, 6.45) is 2.65. The van der Waals surface area contributed by atoms with Crippen molar-refractivity contribution in [2.24, 2.45) is 0 Å². The molecule has 0 radical (unpaired) electrons. The molecule has 2 aromatic carbocycles. The Hall–Kier alpha value is -2.95. The molecule has 0 fully saturated rings. The Morgan fingerprint density at radius 2 is 1.60 bits per heavy atom. The van der Waals surface area contributed by atoms with E-state index in [-0.39, 0.29) is 0 Å². The first kappa shape index (κ1) is 16.9. The van der Waals surface area contributed by atoms with Gasteiger partial charge in [-0.1, -0.05) is 36.8 Å². The minimum absolute atomic E-state index is 0.477. The van der Waals surface area contributed by atoms with Crippen molar-refractivity contribution in [1.82, 2.24) is 15.2 Å². The molecule has 0 aliphatic rings. The molecule has 0 aliphatic carbocycles. The summed E-state index contributed by atoms with van der Waals surface area (Å²) in [5.41, 5.74) is 6.87. The first-order valence-corrected chi connectivity index (χ1v) is 8.45. The maximum absolute atomic E-state index is 4.51. The normalized spacial score (nSPS) is 10.6. The van der Waals surface area contributed by atoms with Crippen LogP contribution in [-0.2, 0) is 6.42 Å². The summed E-state index contributed by atoms with van der Waals surface area (Å²) in [5.74, 6) is 1.13. The van der Waals surface area contributed by atoms with Crippen molar-refractivity contribution < 1.29 is 0 Å². The van der Waals surface area contributed by atoms with E-state index in [2.05, 4.69) is 77.8 Å². The van der Waals surface area contributed by atoms with Gasteiger partial charge in [-0.3, -0.25) is 0 Å². The van der Waals surface area contributed by atoms with E-state index in [0.717, 1.165) is 28.9 Å². The van der Waals surface area contributed by atoms with Gasteiger partial charge in [-0.15, -0.1) is 5.10 Å². The Labute approximate surface area is 148 Å². The second-order valence-electron chi connectivity index (χ2n) is 6.24. The maximum atomic E-state index is 4.51. The summed E-state index contributed by atoms with van der Waals surface area (Å²) in [6, 6.07) is 12.6. The van der Waals surface area contributed by atoms with E-state index in [1.54, 1.807) is 6.20 Å². The van der Waals surface area contributed by atoms with Gasteiger partial charge >= 0.3 is 0 Å². The number of anilines is 4. The SMILES string of the molecule is CCc1ccc(Nc2cnnc(Nc3c(C)cc(C)cc3C)n2)cc1. The fourth-order valence-corrected chi connectivity index (χ4v) is 2.88. The molecular weight excluding hydrogens is 310 g/mol. The molecule has 25 heavy (non-hydrogen) atoms. The summed E-state index contributed by atoms with van der Waals surface area (Å²) in [5, 5.41) is 14.7. The van der Waals surface area contributed by atoms with Gasteiger partial charge in [-0.05, 0) is 56.0 Å². The van der Waals surface area contributed by atoms with Gasteiger partial charge in [0.15, 0.2) is 5.82 Å². The summed E-state index contributed by atoms with van der Waals surface area (Å²) in [4.78, 5) is 4.51. The number of rotatable bonds is 5. The van der Waals surface area contributed by atoms with E-state index in [1.165, 1.54) is 11.1 Å². The van der Waals surface area contributed by atoms with Crippen LogP contribution in [0.25, 0.3) is 0 Å². The lowest BCUT2D eigenvalue weighted by Crippen LogP contribution is -2.04. The van der Waals surface area contributed by atoms with Gasteiger partial charge in [-0.25, -0.2) is 0 Å². The molecule has 1 aromatic heterocycles. The predicted molar refractivity (Wildman–Crippen MR) is 103 cm³/mol. The Morgan fingerprint density at radius 1 is 0.920 bits per heavy atom. The molecule has 128 valence electrons. The smallest absolute Gasteiger partial charge is 0.249 e. The molecule has 0 saturated heterocycles. The molecule has 3 rings (SSSR count). The third-order valence-corrected chi connectivity index (χ3v) is 4.11. The van der Waals surface area contributed by atoms with Crippen molar-refractivity contribution in [2.45, 2.75) is 34.1 Å². The van der Waals surface area contributed by atoms with Crippen LogP contribution in [0.15, 0.2) is 42.6 Å². The van der Waals surface area contributed by atoms with Gasteiger partial charge in [-0.2, -0.15) is 10.1 Å². The Balaban J connectivity index is 1.79. The van der Waals surface area contributed by atoms with E-state index >= 15 is 0 Å². The van der Waals surface area contributed by atoms with Crippen molar-refractivity contribution in [1.29, 1.82) is 0 Å². The number of hydrogen-bond donors (Lipinski definition) is 2. The van der Waals surface area contributed by atoms with Crippen LogP contribution in [0.1, 0.15) is 29.2 Å². The molecule has 5 nitrogen and oxygen atoms in total. The van der Waals surface area contributed by atoms with Gasteiger partial charge < -0.3 is 10.6 Å². The highest BCUT2D eigenvalue weighted by atomic mass is 15.3. The first-order valence-electron chi connectivity index (χ1n) is 8.45. The molecule has 0 atom stereocenters. The maximum Gasteiger partial charge on any atom is 0.249 e. The molecule has 3 aromatic rings. The summed E-state index contributed by atoms with van der Waals surface area (Å²) in [7, 11) is 0. The van der Waals surface area contributed by atoms with Crippen molar-refractivity contribution in [2.75, 3.05) is 10.6 Å². The monoisotopic (exact) mass is 333 g/mol. The number of nitrogens with zero attached hydrogens (tertiary/aromatic N) is 3. The lowest BCUT2D eigenvalue weighted by atomic mass is 10.1. The minimum Gasteiger partial charge on any atom is -0.339 e. The van der Waals surface area contributed by atoms with Crippen LogP contribution in [0, 0.1) is 20.8 Å². The highest BCUT2D eigenvalue weighted by molar-refractivity contribution is 5.64. The van der Waals surface area contributed by atoms with Crippen LogP contribution in [-0.4, -0.2) is 15.2 Å². The highest BCUT2D eigenvalue weighted by Crippen LogP contribution is 2.25. The molecule has 0 spiro atoms. The molecule has 1 heterocycles. The van der Waals surface area contributed by atoms with Gasteiger partial charge in [0, 0.05) is 11.4 Å². The predicted octanol–water partition coefficient (Wildman–Crippen LogP) is 4.85. The fourth-order valence-electron chi connectivity index (χ4n) is 2.88. The van der Waals surface area contributed by atoms with Crippen molar-refractivity contribution in [3.63, 3.8) is 0 Å². The van der Waals surface area contributed by atoms with Crippen LogP contribution in [0.3, 0.4) is 0 Å². The third kappa shape index (κ3) is 4.12. The Bertz CT molecular complexity index is 849. The van der Waals surface area contributed by atoms with Crippen LogP contribution in [0.4, 0.5) is 23.1 Å². The van der Waals surface area contributed by atoms with Gasteiger partial charge in [0.2, 0.25) is 5.95 Å². The van der Waals surface area contributed by atoms with Gasteiger partial charge in [0.1, 0.15) is 0 Å². The molecule has 0 aliphatic heterocycles. The van der Waals surface area contributed by atoms with E-state index < -0.39 is 0 Å². The summed E-state index contributed by atoms with van der Waals surface area (Å²) in [6.45, 7) is 8.39. The zero-order valence-corrected chi connectivity index (χ0v) is 15.1. The van der Waals surface area contributed by atoms with Gasteiger partial charge in [0.05, 0.1) is 6.20 Å². The van der Waals surface area contributed by atoms with Crippen LogP contribution < -0.4 is 10.6 Å². The standard InChI is InChI=1S/C20H23N5/c1-5-16-6-8-17(9-7-16)22-18-12-21-25-20(23-18)24-19-14(3)10-13(2)11-15(19)4/h6-12H,5H2,1-4H3,(H2,22,23,24,25). The second-order valence-corrected chi connectivity index (χ2v) is 6.24. The van der Waals surface area contributed by atoms with Crippen molar-refractivity contribution in [3.8, 4) is 0 Å². The van der Waals surface area contributed by atoms with Crippen molar-refractivity contribution >= 4 is 23.1 Å². The number of benzene rings is 2. The molecule has 2 N–H and O–H groups in total. The van der Waals surface area contributed by atoms with Crippen LogP contribution in [0.2, 0.25) is 0 Å². The minimum atomic E-state index is 0.477. The number of aryl methyl sites for hydroxylation is 4. The van der Waals surface area contributed by atoms with Gasteiger partial charge in [0.25, 0.3) is 0 Å². The van der Waals surface area contributed by atoms with Crippen LogP contribution >= 0.6 is 0 Å². The average Bonchev–Trinajstić information content (AvgIpc) is 2.59. The lowest BCUT2D eigenvalue weighted by molar-refractivity contribution is 0.980. The Morgan fingerprint density at radius 3 is 2.24 bits per heavy atom. The fraction of sp³-hybridized carbons (Fsp3) is 0.250.